The van der Waals surface area contributed by atoms with Crippen LogP contribution < -0.4 is 0 Å². The number of hydrogen-bond donors (Lipinski definition) is 0. The average Bonchev–Trinajstić information content (AvgIpc) is 3.30. The highest BCUT2D eigenvalue weighted by Gasteiger charge is 2.19. The zero-order valence-electron chi connectivity index (χ0n) is 41.4. The van der Waals surface area contributed by atoms with Gasteiger partial charge in [-0.2, -0.15) is 0 Å². The van der Waals surface area contributed by atoms with E-state index in [2.05, 4.69) is 142 Å². The minimum Gasteiger partial charge on any atom is -0.462 e. The van der Waals surface area contributed by atoms with E-state index in [-0.39, 0.29) is 50.4 Å². The fourth-order valence-corrected chi connectivity index (χ4v) is 6.26. The Balaban J connectivity index is 4.59. The molecule has 0 aliphatic heterocycles. The van der Waals surface area contributed by atoms with Gasteiger partial charge in [0.1, 0.15) is 13.2 Å². The molecule has 0 N–H and O–H groups in total. The Kier molecular flexibility index (Phi) is 48.6. The first-order valence-electron chi connectivity index (χ1n) is 25.7. The molecule has 1 atom stereocenters. The number of hydrogen-bond acceptors (Lipinski definition) is 6. The van der Waals surface area contributed by atoms with Crippen LogP contribution in [-0.2, 0) is 28.6 Å². The van der Waals surface area contributed by atoms with Gasteiger partial charge in [0.05, 0.1) is 0 Å². The highest BCUT2D eigenvalue weighted by atomic mass is 16.6. The van der Waals surface area contributed by atoms with Gasteiger partial charge in [-0.3, -0.25) is 14.4 Å². The molecule has 0 amide bonds. The number of carbonyl (C=O) groups excluding carboxylic acids is 3. The summed E-state index contributed by atoms with van der Waals surface area (Å²) in [6, 6.07) is 0. The normalized spacial score (nSPS) is 13.2. The third-order valence-corrected chi connectivity index (χ3v) is 10.1. The van der Waals surface area contributed by atoms with E-state index < -0.39 is 6.10 Å². The Bertz CT molecular complexity index is 1450. The fraction of sp³-hybridized carbons (Fsp3) is 0.576. The molecule has 0 heterocycles. The molecule has 0 fully saturated rings. The van der Waals surface area contributed by atoms with E-state index in [4.69, 9.17) is 14.2 Å². The summed E-state index contributed by atoms with van der Waals surface area (Å²) < 4.78 is 16.6. The summed E-state index contributed by atoms with van der Waals surface area (Å²) >= 11 is 0. The predicted molar refractivity (Wildman–Crippen MR) is 279 cm³/mol. The van der Waals surface area contributed by atoms with Crippen molar-refractivity contribution < 1.29 is 28.6 Å². The van der Waals surface area contributed by atoms with Crippen molar-refractivity contribution in [1.82, 2.24) is 0 Å². The molecule has 0 aromatic carbocycles. The van der Waals surface area contributed by atoms with Crippen LogP contribution in [0.1, 0.15) is 201 Å². The van der Waals surface area contributed by atoms with Crippen molar-refractivity contribution in [3.63, 3.8) is 0 Å². The van der Waals surface area contributed by atoms with Crippen molar-refractivity contribution in [2.75, 3.05) is 13.2 Å². The number of esters is 3. The standard InChI is InChI=1S/C59H92O6/c1-4-7-10-13-16-19-22-24-26-28-29-31-33-35-38-40-43-46-49-52-58(61)64-55-56(65-59(62)53-50-47-44-41-36-21-18-15-12-9-6-3)54-63-57(60)51-48-45-42-39-37-34-32-30-27-25-23-20-17-14-11-8-5-2/h8,11,15-20,24-27,29,31-32,34-35,38-39,42-43,46,56H,4-7,9-10,12-14,21-23,28,30,33,36-37,40-41,44-45,47-55H2,1-3H3/b11-8-,18-15-,19-16-,20-17-,26-24-,27-25-,31-29-,34-32-,38-35-,42-39-,46-43-/t56-/m1/s1. The first-order chi connectivity index (χ1) is 32.0. The van der Waals surface area contributed by atoms with Crippen LogP contribution in [0, 0.1) is 0 Å². The molecule has 0 rings (SSSR count). The number of allylic oxidation sites excluding steroid dienone is 22. The molecule has 0 aliphatic carbocycles. The van der Waals surface area contributed by atoms with Crippen molar-refractivity contribution in [2.24, 2.45) is 0 Å². The van der Waals surface area contributed by atoms with Crippen LogP contribution in [0.4, 0.5) is 0 Å². The second kappa shape index (κ2) is 52.2. The molecule has 6 nitrogen and oxygen atoms in total. The van der Waals surface area contributed by atoms with Crippen LogP contribution >= 0.6 is 0 Å². The average molecular weight is 897 g/mol. The van der Waals surface area contributed by atoms with Gasteiger partial charge >= 0.3 is 17.9 Å². The number of unbranched alkanes of at least 4 members (excludes halogenated alkanes) is 11. The summed E-state index contributed by atoms with van der Waals surface area (Å²) in [5, 5.41) is 0. The summed E-state index contributed by atoms with van der Waals surface area (Å²) in [6.07, 6.45) is 73.1. The van der Waals surface area contributed by atoms with Crippen LogP contribution in [0.15, 0.2) is 134 Å². The maximum Gasteiger partial charge on any atom is 0.306 e. The van der Waals surface area contributed by atoms with E-state index in [1.165, 1.54) is 38.5 Å². The summed E-state index contributed by atoms with van der Waals surface area (Å²) in [5.74, 6) is -1.10. The largest absolute Gasteiger partial charge is 0.462 e. The molecule has 0 saturated carbocycles. The Labute approximate surface area is 398 Å². The fourth-order valence-electron chi connectivity index (χ4n) is 6.26. The first-order valence-corrected chi connectivity index (χ1v) is 25.7. The van der Waals surface area contributed by atoms with Gasteiger partial charge in [-0.05, 0) is 116 Å². The Morgan fingerprint density at radius 1 is 0.323 bits per heavy atom. The maximum atomic E-state index is 12.8. The van der Waals surface area contributed by atoms with Gasteiger partial charge in [-0.25, -0.2) is 0 Å². The molecule has 0 bridgehead atoms. The Morgan fingerprint density at radius 3 is 1.14 bits per heavy atom. The first kappa shape index (κ1) is 60.6. The van der Waals surface area contributed by atoms with Crippen molar-refractivity contribution in [1.29, 1.82) is 0 Å². The molecule has 65 heavy (non-hydrogen) atoms. The van der Waals surface area contributed by atoms with Gasteiger partial charge in [0, 0.05) is 19.3 Å². The monoisotopic (exact) mass is 897 g/mol. The van der Waals surface area contributed by atoms with Crippen LogP contribution in [0.25, 0.3) is 0 Å². The highest BCUT2D eigenvalue weighted by Crippen LogP contribution is 2.11. The maximum absolute atomic E-state index is 12.8. The minimum atomic E-state index is -0.839. The van der Waals surface area contributed by atoms with Gasteiger partial charge < -0.3 is 14.2 Å². The molecular formula is C59H92O6. The summed E-state index contributed by atoms with van der Waals surface area (Å²) in [6.45, 7) is 6.31. The lowest BCUT2D eigenvalue weighted by atomic mass is 10.1. The molecule has 0 radical (unpaired) electrons. The number of carbonyl (C=O) groups is 3. The lowest BCUT2D eigenvalue weighted by Gasteiger charge is -2.18. The molecule has 0 spiro atoms. The third kappa shape index (κ3) is 50.4. The van der Waals surface area contributed by atoms with Gasteiger partial charge in [0.15, 0.2) is 6.10 Å². The smallest absolute Gasteiger partial charge is 0.306 e. The lowest BCUT2D eigenvalue weighted by molar-refractivity contribution is -0.166. The van der Waals surface area contributed by atoms with Gasteiger partial charge in [-0.1, -0.05) is 199 Å². The van der Waals surface area contributed by atoms with Crippen LogP contribution in [-0.4, -0.2) is 37.2 Å². The zero-order chi connectivity index (χ0) is 47.2. The molecule has 0 aliphatic rings. The second-order valence-electron chi connectivity index (χ2n) is 16.3. The molecule has 0 unspecified atom stereocenters. The van der Waals surface area contributed by atoms with E-state index in [0.29, 0.717) is 12.8 Å². The molecule has 364 valence electrons. The highest BCUT2D eigenvalue weighted by molar-refractivity contribution is 5.71. The van der Waals surface area contributed by atoms with Crippen LogP contribution in [0.3, 0.4) is 0 Å². The SMILES string of the molecule is CC/C=C\C/C=C\C/C=C\C/C=C\C/C=C\CCCC(=O)OC[C@H](COC(=O)CC/C=C\C/C=C\C/C=C\C/C=C\C/C=C\CCCCC)OC(=O)CCCCCCC/C=C\CCCC. The van der Waals surface area contributed by atoms with Crippen LogP contribution in [0.5, 0.6) is 0 Å². The van der Waals surface area contributed by atoms with E-state index in [0.717, 1.165) is 109 Å². The summed E-state index contributed by atoms with van der Waals surface area (Å²) in [4.78, 5) is 37.9. The Hall–Kier alpha value is -4.45. The second-order valence-corrected chi connectivity index (χ2v) is 16.3. The summed E-state index contributed by atoms with van der Waals surface area (Å²) in [7, 11) is 0. The third-order valence-electron chi connectivity index (χ3n) is 10.1. The summed E-state index contributed by atoms with van der Waals surface area (Å²) in [5.41, 5.74) is 0. The van der Waals surface area contributed by atoms with Crippen molar-refractivity contribution in [2.45, 2.75) is 207 Å². The predicted octanol–water partition coefficient (Wildman–Crippen LogP) is 17.1. The van der Waals surface area contributed by atoms with Gasteiger partial charge in [-0.15, -0.1) is 0 Å². The molecular weight excluding hydrogens is 805 g/mol. The number of ether oxygens (including phenoxy) is 3. The van der Waals surface area contributed by atoms with Crippen molar-refractivity contribution in [3.05, 3.63) is 134 Å². The molecule has 0 saturated heterocycles. The van der Waals surface area contributed by atoms with Gasteiger partial charge in [0.25, 0.3) is 0 Å². The quantitative estimate of drug-likeness (QED) is 0.0262. The van der Waals surface area contributed by atoms with Crippen LogP contribution in [0.2, 0.25) is 0 Å². The number of rotatable bonds is 44. The minimum absolute atomic E-state index is 0.139. The van der Waals surface area contributed by atoms with E-state index in [1.807, 2.05) is 12.2 Å². The van der Waals surface area contributed by atoms with Crippen molar-refractivity contribution in [3.8, 4) is 0 Å². The lowest BCUT2D eigenvalue weighted by Crippen LogP contribution is -2.30. The van der Waals surface area contributed by atoms with Gasteiger partial charge in [0.2, 0.25) is 0 Å². The molecule has 6 heteroatoms. The molecule has 0 aromatic heterocycles. The van der Waals surface area contributed by atoms with E-state index >= 15 is 0 Å². The molecule has 0 aromatic rings. The van der Waals surface area contributed by atoms with E-state index in [9.17, 15) is 14.4 Å². The topological polar surface area (TPSA) is 78.9 Å². The zero-order valence-corrected chi connectivity index (χ0v) is 41.4. The van der Waals surface area contributed by atoms with Crippen molar-refractivity contribution >= 4 is 17.9 Å². The Morgan fingerprint density at radius 2 is 0.662 bits per heavy atom. The van der Waals surface area contributed by atoms with E-state index in [1.54, 1.807) is 0 Å².